The van der Waals surface area contributed by atoms with Gasteiger partial charge in [0.1, 0.15) is 0 Å². The number of aryl methyl sites for hydroxylation is 1. The van der Waals surface area contributed by atoms with Crippen LogP contribution in [0.2, 0.25) is 0 Å². The lowest BCUT2D eigenvalue weighted by atomic mass is 9.98. The van der Waals surface area contributed by atoms with Crippen LogP contribution in [-0.4, -0.2) is 21.2 Å². The van der Waals surface area contributed by atoms with Gasteiger partial charge in [-0.2, -0.15) is 0 Å². The highest BCUT2D eigenvalue weighted by atomic mass is 16.7. The first-order valence-electron chi connectivity index (χ1n) is 11.7. The molecule has 0 saturated heterocycles. The number of fused-ring (bicyclic) bond motifs is 1. The topological polar surface area (TPSA) is 86.7 Å². The Labute approximate surface area is 213 Å². The fraction of sp³-hybridized carbons (Fsp3) is 0.0667. The van der Waals surface area contributed by atoms with Crippen molar-refractivity contribution in [3.8, 4) is 5.69 Å². The van der Waals surface area contributed by atoms with E-state index in [1.54, 1.807) is 36.4 Å². The minimum atomic E-state index is -0.540. The van der Waals surface area contributed by atoms with Crippen molar-refractivity contribution in [2.24, 2.45) is 5.16 Å². The summed E-state index contributed by atoms with van der Waals surface area (Å²) in [7, 11) is 0. The first-order valence-corrected chi connectivity index (χ1v) is 11.7. The minimum absolute atomic E-state index is 0.0232. The number of nitro benzene ring substituents is 1. The molecular weight excluding hydrogens is 466 g/mol. The monoisotopic (exact) mass is 489 g/mol. The summed E-state index contributed by atoms with van der Waals surface area (Å²) in [6.45, 7) is 2.03. The number of oxime groups is 1. The van der Waals surface area contributed by atoms with Crippen LogP contribution in [0.5, 0.6) is 0 Å². The Kier molecular flexibility index (Phi) is 6.59. The van der Waals surface area contributed by atoms with Crippen LogP contribution in [0.4, 0.5) is 5.69 Å². The van der Waals surface area contributed by atoms with E-state index in [-0.39, 0.29) is 5.69 Å². The molecule has 1 heterocycles. The molecule has 0 saturated carbocycles. The lowest BCUT2D eigenvalue weighted by Gasteiger charge is -2.09. The minimum Gasteiger partial charge on any atom is -0.316 e. The van der Waals surface area contributed by atoms with E-state index in [0.717, 1.165) is 33.3 Å². The van der Waals surface area contributed by atoms with E-state index in [4.69, 9.17) is 4.84 Å². The Balaban J connectivity index is 1.61. The maximum Gasteiger partial charge on any atom is 0.365 e. The molecule has 0 aliphatic rings. The average Bonchev–Trinajstić information content (AvgIpc) is 3.32. The van der Waals surface area contributed by atoms with E-state index in [9.17, 15) is 14.9 Å². The largest absolute Gasteiger partial charge is 0.365 e. The highest BCUT2D eigenvalue weighted by molar-refractivity contribution is 6.12. The summed E-state index contributed by atoms with van der Waals surface area (Å²) in [5.74, 6) is -0.540. The van der Waals surface area contributed by atoms with Crippen LogP contribution in [0.3, 0.4) is 0 Å². The molecule has 5 rings (SSSR count). The summed E-state index contributed by atoms with van der Waals surface area (Å²) in [4.78, 5) is 28.8. The van der Waals surface area contributed by atoms with Gasteiger partial charge in [0.25, 0.3) is 5.69 Å². The number of aromatic nitrogens is 1. The number of carbonyl (C=O) groups excluding carboxylic acids is 1. The molecule has 0 atom stereocenters. The summed E-state index contributed by atoms with van der Waals surface area (Å²) in [5.41, 5.74) is 5.66. The Hall–Kier alpha value is -5.04. The van der Waals surface area contributed by atoms with Crippen molar-refractivity contribution in [3.05, 3.63) is 142 Å². The molecule has 182 valence electrons. The van der Waals surface area contributed by atoms with Crippen LogP contribution < -0.4 is 0 Å². The van der Waals surface area contributed by atoms with Gasteiger partial charge in [0.05, 0.1) is 21.7 Å². The number of hydrogen-bond acceptors (Lipinski definition) is 5. The van der Waals surface area contributed by atoms with Gasteiger partial charge in [0.2, 0.25) is 0 Å². The van der Waals surface area contributed by atoms with Gasteiger partial charge in [-0.3, -0.25) is 10.1 Å². The average molecular weight is 490 g/mol. The van der Waals surface area contributed by atoms with Gasteiger partial charge in [-0.25, -0.2) is 4.79 Å². The number of rotatable bonds is 7. The van der Waals surface area contributed by atoms with Crippen molar-refractivity contribution < 1.29 is 14.6 Å². The molecule has 0 fully saturated rings. The van der Waals surface area contributed by atoms with Crippen molar-refractivity contribution in [2.75, 3.05) is 0 Å². The van der Waals surface area contributed by atoms with Crippen LogP contribution in [0.1, 0.15) is 27.0 Å². The lowest BCUT2D eigenvalue weighted by molar-refractivity contribution is -0.384. The molecule has 4 aromatic carbocycles. The second-order valence-electron chi connectivity index (χ2n) is 8.59. The molecule has 37 heavy (non-hydrogen) atoms. The third-order valence-corrected chi connectivity index (χ3v) is 6.23. The Morgan fingerprint density at radius 3 is 2.30 bits per heavy atom. The fourth-order valence-corrected chi connectivity index (χ4v) is 4.25. The molecule has 7 nitrogen and oxygen atoms in total. The second-order valence-corrected chi connectivity index (χ2v) is 8.59. The van der Waals surface area contributed by atoms with Crippen molar-refractivity contribution in [2.45, 2.75) is 13.3 Å². The molecule has 0 spiro atoms. The molecule has 0 bridgehead atoms. The first kappa shape index (κ1) is 23.7. The summed E-state index contributed by atoms with van der Waals surface area (Å²) in [6.07, 6.45) is 2.38. The van der Waals surface area contributed by atoms with Crippen molar-refractivity contribution >= 4 is 28.3 Å². The Bertz CT molecular complexity index is 1620. The SMILES string of the molecule is Cc1ccccc1C/C(=N\OC(=O)c1ccccc1)c1cn(-c2ccc([N+](=O)[O-])cc2)c2ccccc12. The van der Waals surface area contributed by atoms with Gasteiger partial charge < -0.3 is 9.40 Å². The normalized spacial score (nSPS) is 11.4. The summed E-state index contributed by atoms with van der Waals surface area (Å²) in [6, 6.07) is 30.9. The number of para-hydroxylation sites is 1. The van der Waals surface area contributed by atoms with Gasteiger partial charge in [-0.15, -0.1) is 0 Å². The van der Waals surface area contributed by atoms with Gasteiger partial charge in [-0.1, -0.05) is 65.8 Å². The number of nitrogens with zero attached hydrogens (tertiary/aromatic N) is 3. The van der Waals surface area contributed by atoms with Crippen LogP contribution in [0, 0.1) is 17.0 Å². The summed E-state index contributed by atoms with van der Waals surface area (Å²) < 4.78 is 1.96. The standard InChI is InChI=1S/C30H23N3O4/c1-21-9-5-6-12-23(21)19-28(31-37-30(34)22-10-3-2-4-11-22)27-20-32(29-14-8-7-13-26(27)29)24-15-17-25(18-16-24)33(35)36/h2-18,20H,19H2,1H3/b31-28+. The van der Waals surface area contributed by atoms with E-state index in [1.807, 2.05) is 72.3 Å². The summed E-state index contributed by atoms with van der Waals surface area (Å²) >= 11 is 0. The van der Waals surface area contributed by atoms with Crippen LogP contribution in [0.25, 0.3) is 16.6 Å². The van der Waals surface area contributed by atoms with Crippen LogP contribution >= 0.6 is 0 Å². The maximum absolute atomic E-state index is 12.7. The zero-order chi connectivity index (χ0) is 25.8. The Morgan fingerprint density at radius 2 is 1.57 bits per heavy atom. The van der Waals surface area contributed by atoms with Crippen LogP contribution in [0.15, 0.2) is 114 Å². The third-order valence-electron chi connectivity index (χ3n) is 6.23. The molecule has 0 N–H and O–H groups in total. The van der Waals surface area contributed by atoms with Gasteiger partial charge in [0, 0.05) is 41.4 Å². The molecule has 1 aromatic heterocycles. The molecule has 7 heteroatoms. The van der Waals surface area contributed by atoms with Crippen LogP contribution in [-0.2, 0) is 11.3 Å². The highest BCUT2D eigenvalue weighted by Gasteiger charge is 2.18. The van der Waals surface area contributed by atoms with Crippen molar-refractivity contribution in [3.63, 3.8) is 0 Å². The zero-order valence-corrected chi connectivity index (χ0v) is 20.1. The van der Waals surface area contributed by atoms with Crippen molar-refractivity contribution in [1.29, 1.82) is 0 Å². The molecule has 0 amide bonds. The number of non-ortho nitro benzene ring substituents is 1. The predicted molar refractivity (Wildman–Crippen MR) is 143 cm³/mol. The molecule has 0 aliphatic carbocycles. The number of nitro groups is 1. The molecule has 0 unspecified atom stereocenters. The van der Waals surface area contributed by atoms with E-state index in [1.165, 1.54) is 12.1 Å². The quantitative estimate of drug-likeness (QED) is 0.111. The molecule has 0 aliphatic heterocycles. The van der Waals surface area contributed by atoms with Gasteiger partial charge in [0.15, 0.2) is 0 Å². The molecular formula is C30H23N3O4. The maximum atomic E-state index is 12.7. The number of hydrogen-bond donors (Lipinski definition) is 0. The summed E-state index contributed by atoms with van der Waals surface area (Å²) in [5, 5.41) is 16.4. The zero-order valence-electron chi connectivity index (χ0n) is 20.1. The first-order chi connectivity index (χ1) is 18.0. The number of benzene rings is 4. The van der Waals surface area contributed by atoms with Gasteiger partial charge in [-0.05, 0) is 48.4 Å². The second kappa shape index (κ2) is 10.3. The van der Waals surface area contributed by atoms with E-state index in [2.05, 4.69) is 5.16 Å². The lowest BCUT2D eigenvalue weighted by Crippen LogP contribution is -2.10. The predicted octanol–water partition coefficient (Wildman–Crippen LogP) is 6.65. The number of carbonyl (C=O) groups is 1. The smallest absolute Gasteiger partial charge is 0.316 e. The molecule has 5 aromatic rings. The van der Waals surface area contributed by atoms with E-state index in [0.29, 0.717) is 17.7 Å². The van der Waals surface area contributed by atoms with Crippen molar-refractivity contribution in [1.82, 2.24) is 4.57 Å². The highest BCUT2D eigenvalue weighted by Crippen LogP contribution is 2.28. The van der Waals surface area contributed by atoms with E-state index >= 15 is 0 Å². The fourth-order valence-electron chi connectivity index (χ4n) is 4.25. The Morgan fingerprint density at radius 1 is 0.892 bits per heavy atom. The third kappa shape index (κ3) is 5.01. The van der Waals surface area contributed by atoms with E-state index < -0.39 is 10.9 Å². The molecule has 0 radical (unpaired) electrons. The van der Waals surface area contributed by atoms with Gasteiger partial charge >= 0.3 is 5.97 Å².